The van der Waals surface area contributed by atoms with E-state index in [1.54, 1.807) is 0 Å². The van der Waals surface area contributed by atoms with Crippen molar-refractivity contribution in [2.75, 3.05) is 0 Å². The number of carboxylic acid groups (broad SMARTS) is 1. The molecule has 0 aromatic carbocycles. The van der Waals surface area contributed by atoms with Crippen molar-refractivity contribution < 1.29 is 9.90 Å². The molecule has 0 saturated heterocycles. The normalized spacial score (nSPS) is 48.3. The van der Waals surface area contributed by atoms with Gasteiger partial charge in [0.2, 0.25) is 0 Å². The highest BCUT2D eigenvalue weighted by molar-refractivity contribution is 5.79. The Bertz CT molecular complexity index is 231. The third kappa shape index (κ3) is 0.367. The average Bonchev–Trinajstić information content (AvgIpc) is 1.57. The molecule has 0 amide bonds. The number of nitriles is 1. The Morgan fingerprint density at radius 3 is 2.30 bits per heavy atom. The minimum Gasteiger partial charge on any atom is -0.481 e. The minimum atomic E-state index is -0.718. The molecular formula is C7H7NO2. The molecule has 0 atom stereocenters. The number of carboxylic acids is 1. The predicted octanol–water partition coefficient (Wildman–Crippen LogP) is 0.765. The Morgan fingerprint density at radius 1 is 1.50 bits per heavy atom. The lowest BCUT2D eigenvalue weighted by atomic mass is 9.36. The fourth-order valence-corrected chi connectivity index (χ4v) is 2.13. The van der Waals surface area contributed by atoms with Gasteiger partial charge in [0, 0.05) is 0 Å². The van der Waals surface area contributed by atoms with E-state index in [1.807, 2.05) is 0 Å². The second kappa shape index (κ2) is 1.20. The maximum absolute atomic E-state index is 10.5. The Kier molecular flexibility index (Phi) is 0.684. The first kappa shape index (κ1) is 5.72. The van der Waals surface area contributed by atoms with E-state index >= 15 is 0 Å². The number of hydrogen-bond donors (Lipinski definition) is 1. The zero-order valence-electron chi connectivity index (χ0n) is 5.42. The first-order chi connectivity index (χ1) is 4.63. The number of aliphatic carboxylic acids is 1. The second-order valence-electron chi connectivity index (χ2n) is 3.51. The zero-order valence-corrected chi connectivity index (χ0v) is 5.42. The highest BCUT2D eigenvalue weighted by Gasteiger charge is 2.72. The summed E-state index contributed by atoms with van der Waals surface area (Å²) in [6.07, 6.45) is 1.77. The van der Waals surface area contributed by atoms with Crippen LogP contribution in [0.2, 0.25) is 0 Å². The van der Waals surface area contributed by atoms with Crippen molar-refractivity contribution in [2.24, 2.45) is 10.8 Å². The average molecular weight is 137 g/mol. The highest BCUT2D eigenvalue weighted by atomic mass is 16.4. The summed E-state index contributed by atoms with van der Waals surface area (Å²) in [6, 6.07) is 2.16. The van der Waals surface area contributed by atoms with Crippen molar-refractivity contribution in [3.05, 3.63) is 0 Å². The molecule has 1 N–H and O–H groups in total. The van der Waals surface area contributed by atoms with Gasteiger partial charge < -0.3 is 5.11 Å². The molecule has 3 nitrogen and oxygen atoms in total. The van der Waals surface area contributed by atoms with Crippen LogP contribution in [-0.4, -0.2) is 11.1 Å². The first-order valence-electron chi connectivity index (χ1n) is 3.27. The van der Waals surface area contributed by atoms with Crippen molar-refractivity contribution >= 4 is 5.97 Å². The van der Waals surface area contributed by atoms with Crippen LogP contribution in [0.1, 0.15) is 19.3 Å². The molecular weight excluding hydrogens is 130 g/mol. The highest BCUT2D eigenvalue weighted by Crippen LogP contribution is 2.72. The van der Waals surface area contributed by atoms with Gasteiger partial charge in [0.25, 0.3) is 0 Å². The van der Waals surface area contributed by atoms with Crippen LogP contribution in [0.5, 0.6) is 0 Å². The molecule has 3 aliphatic rings. The summed E-state index contributed by atoms with van der Waals surface area (Å²) >= 11 is 0. The van der Waals surface area contributed by atoms with Crippen LogP contribution in [0.25, 0.3) is 0 Å². The molecule has 0 aromatic heterocycles. The van der Waals surface area contributed by atoms with Gasteiger partial charge in [0.1, 0.15) is 0 Å². The molecule has 0 aromatic rings. The standard InChI is InChI=1S/C7H7NO2/c8-4-6-1-7(2-6,3-6)5(9)10/h1-3H2,(H,9,10). The van der Waals surface area contributed by atoms with Crippen LogP contribution in [0.15, 0.2) is 0 Å². The zero-order chi connectivity index (χ0) is 7.41. The largest absolute Gasteiger partial charge is 0.481 e. The van der Waals surface area contributed by atoms with Crippen LogP contribution in [0.3, 0.4) is 0 Å². The summed E-state index contributed by atoms with van der Waals surface area (Å²) in [5.74, 6) is -0.718. The molecule has 3 rings (SSSR count). The summed E-state index contributed by atoms with van der Waals surface area (Å²) in [6.45, 7) is 0. The lowest BCUT2D eigenvalue weighted by Gasteiger charge is -2.64. The van der Waals surface area contributed by atoms with Gasteiger partial charge in [-0.2, -0.15) is 5.26 Å². The number of nitrogens with zero attached hydrogens (tertiary/aromatic N) is 1. The van der Waals surface area contributed by atoms with Gasteiger partial charge in [-0.05, 0) is 19.3 Å². The van der Waals surface area contributed by atoms with Crippen molar-refractivity contribution in [2.45, 2.75) is 19.3 Å². The van der Waals surface area contributed by atoms with E-state index in [0.29, 0.717) is 19.3 Å². The quantitative estimate of drug-likeness (QED) is 0.580. The molecule has 3 aliphatic carbocycles. The molecule has 0 radical (unpaired) electrons. The summed E-state index contributed by atoms with van der Waals surface area (Å²) in [4.78, 5) is 10.5. The van der Waals surface area contributed by atoms with Gasteiger partial charge in [-0.25, -0.2) is 0 Å². The Morgan fingerprint density at radius 2 is 2.00 bits per heavy atom. The van der Waals surface area contributed by atoms with Crippen LogP contribution in [-0.2, 0) is 4.79 Å². The molecule has 0 aliphatic heterocycles. The molecule has 52 valence electrons. The molecule has 2 bridgehead atoms. The Labute approximate surface area is 58.3 Å². The molecule has 3 heteroatoms. The monoisotopic (exact) mass is 137 g/mol. The minimum absolute atomic E-state index is 0.224. The third-order valence-electron chi connectivity index (χ3n) is 2.72. The van der Waals surface area contributed by atoms with Gasteiger partial charge >= 0.3 is 5.97 Å². The van der Waals surface area contributed by atoms with Crippen molar-refractivity contribution in [1.82, 2.24) is 0 Å². The van der Waals surface area contributed by atoms with Crippen molar-refractivity contribution in [3.8, 4) is 6.07 Å². The van der Waals surface area contributed by atoms with E-state index in [0.717, 1.165) is 0 Å². The first-order valence-corrected chi connectivity index (χ1v) is 3.27. The number of hydrogen-bond acceptors (Lipinski definition) is 2. The second-order valence-corrected chi connectivity index (χ2v) is 3.51. The summed E-state index contributed by atoms with van der Waals surface area (Å²) in [7, 11) is 0. The van der Waals surface area contributed by atoms with Gasteiger partial charge in [0.15, 0.2) is 0 Å². The molecule has 3 saturated carbocycles. The van der Waals surface area contributed by atoms with Crippen LogP contribution in [0, 0.1) is 22.2 Å². The van der Waals surface area contributed by atoms with Crippen LogP contribution >= 0.6 is 0 Å². The van der Waals surface area contributed by atoms with E-state index in [4.69, 9.17) is 10.4 Å². The van der Waals surface area contributed by atoms with E-state index in [1.165, 1.54) is 0 Å². The summed E-state index contributed by atoms with van der Waals surface area (Å²) in [5.41, 5.74) is -0.700. The fourth-order valence-electron chi connectivity index (χ4n) is 2.13. The SMILES string of the molecule is N#CC12CC(C(=O)O)(C1)C2. The predicted molar refractivity (Wildman–Crippen MR) is 32.0 cm³/mol. The maximum atomic E-state index is 10.5. The van der Waals surface area contributed by atoms with E-state index < -0.39 is 11.4 Å². The van der Waals surface area contributed by atoms with E-state index in [2.05, 4.69) is 6.07 Å². The van der Waals surface area contributed by atoms with Crippen LogP contribution < -0.4 is 0 Å². The van der Waals surface area contributed by atoms with E-state index in [9.17, 15) is 4.79 Å². The fraction of sp³-hybridized carbons (Fsp3) is 0.714. The van der Waals surface area contributed by atoms with E-state index in [-0.39, 0.29) is 5.41 Å². The topological polar surface area (TPSA) is 61.1 Å². The van der Waals surface area contributed by atoms with Crippen molar-refractivity contribution in [3.63, 3.8) is 0 Å². The molecule has 3 fully saturated rings. The third-order valence-corrected chi connectivity index (χ3v) is 2.72. The Hall–Kier alpha value is -1.04. The molecule has 0 unspecified atom stereocenters. The van der Waals surface area contributed by atoms with Gasteiger partial charge in [-0.3, -0.25) is 4.79 Å². The lowest BCUT2D eigenvalue weighted by Crippen LogP contribution is -2.64. The number of rotatable bonds is 1. The van der Waals surface area contributed by atoms with Gasteiger partial charge in [0.05, 0.1) is 16.9 Å². The molecule has 0 heterocycles. The van der Waals surface area contributed by atoms with Gasteiger partial charge in [-0.1, -0.05) is 0 Å². The van der Waals surface area contributed by atoms with Gasteiger partial charge in [-0.15, -0.1) is 0 Å². The van der Waals surface area contributed by atoms with Crippen molar-refractivity contribution in [1.29, 1.82) is 5.26 Å². The molecule has 10 heavy (non-hydrogen) atoms. The maximum Gasteiger partial charge on any atom is 0.309 e. The summed E-state index contributed by atoms with van der Waals surface area (Å²) < 4.78 is 0. The Balaban J connectivity index is 2.13. The molecule has 0 spiro atoms. The summed E-state index contributed by atoms with van der Waals surface area (Å²) in [5, 5.41) is 17.2. The number of carbonyl (C=O) groups is 1. The van der Waals surface area contributed by atoms with Crippen LogP contribution in [0.4, 0.5) is 0 Å². The smallest absolute Gasteiger partial charge is 0.309 e. The lowest BCUT2D eigenvalue weighted by molar-refractivity contribution is -0.202.